The number of carbonyl (C=O) groups excluding carboxylic acids is 1. The van der Waals surface area contributed by atoms with Crippen LogP contribution in [0.4, 0.5) is 0 Å². The quantitative estimate of drug-likeness (QED) is 0.689. The highest BCUT2D eigenvalue weighted by Crippen LogP contribution is 2.25. The molecule has 2 aromatic rings. The van der Waals surface area contributed by atoms with Crippen molar-refractivity contribution < 1.29 is 13.2 Å². The molecule has 2 aromatic carbocycles. The predicted molar refractivity (Wildman–Crippen MR) is 112 cm³/mol. The average molecular weight is 439 g/mol. The number of carbonyl (C=O) groups is 1. The summed E-state index contributed by atoms with van der Waals surface area (Å²) in [6.45, 7) is 1.42. The summed E-state index contributed by atoms with van der Waals surface area (Å²) in [5.74, 6) is -0.301. The van der Waals surface area contributed by atoms with E-state index in [1.165, 1.54) is 10.4 Å². The van der Waals surface area contributed by atoms with Gasteiger partial charge in [0.2, 0.25) is 15.9 Å². The van der Waals surface area contributed by atoms with E-state index in [-0.39, 0.29) is 17.3 Å². The van der Waals surface area contributed by atoms with E-state index in [1.54, 1.807) is 48.5 Å². The molecule has 148 valence electrons. The number of benzene rings is 2. The molecule has 0 unspecified atom stereocenters. The lowest BCUT2D eigenvalue weighted by atomic mass is 10.2. The summed E-state index contributed by atoms with van der Waals surface area (Å²) in [5, 5.41) is 3.68. The SMILES string of the molecule is O=C(C=Cc1c(Cl)cccc1Cl)NCc1ccc(S(=O)(=O)N2CCCC2)cc1. The molecule has 0 atom stereocenters. The second-order valence-corrected chi connectivity index (χ2v) is 9.19. The van der Waals surface area contributed by atoms with E-state index in [4.69, 9.17) is 23.2 Å². The molecule has 0 saturated carbocycles. The first kappa shape index (κ1) is 20.9. The van der Waals surface area contributed by atoms with Gasteiger partial charge in [-0.25, -0.2) is 8.42 Å². The molecule has 8 heteroatoms. The second-order valence-electron chi connectivity index (χ2n) is 6.44. The Morgan fingerprint density at radius 2 is 1.64 bits per heavy atom. The zero-order chi connectivity index (χ0) is 20.1. The number of amides is 1. The summed E-state index contributed by atoms with van der Waals surface area (Å²) in [5.41, 5.74) is 1.38. The second kappa shape index (κ2) is 9.09. The molecule has 0 bridgehead atoms. The van der Waals surface area contributed by atoms with Crippen molar-refractivity contribution in [1.29, 1.82) is 0 Å². The van der Waals surface area contributed by atoms with E-state index < -0.39 is 10.0 Å². The van der Waals surface area contributed by atoms with Crippen molar-refractivity contribution in [3.63, 3.8) is 0 Å². The Hall–Kier alpha value is -1.86. The largest absolute Gasteiger partial charge is 0.348 e. The zero-order valence-corrected chi connectivity index (χ0v) is 17.4. The number of sulfonamides is 1. The van der Waals surface area contributed by atoms with Crippen LogP contribution in [0.5, 0.6) is 0 Å². The fourth-order valence-corrected chi connectivity index (χ4v) is 4.97. The monoisotopic (exact) mass is 438 g/mol. The summed E-state index contributed by atoms with van der Waals surface area (Å²) in [7, 11) is -3.42. The maximum absolute atomic E-state index is 12.5. The van der Waals surface area contributed by atoms with E-state index >= 15 is 0 Å². The lowest BCUT2D eigenvalue weighted by Gasteiger charge is -2.15. The maximum atomic E-state index is 12.5. The molecule has 28 heavy (non-hydrogen) atoms. The lowest BCUT2D eigenvalue weighted by molar-refractivity contribution is -0.116. The highest BCUT2D eigenvalue weighted by Gasteiger charge is 2.26. The van der Waals surface area contributed by atoms with Gasteiger partial charge >= 0.3 is 0 Å². The van der Waals surface area contributed by atoms with Crippen LogP contribution in [-0.2, 0) is 21.4 Å². The van der Waals surface area contributed by atoms with Crippen molar-refractivity contribution in [3.8, 4) is 0 Å². The van der Waals surface area contributed by atoms with Crippen molar-refractivity contribution in [2.45, 2.75) is 24.3 Å². The predicted octanol–water partition coefficient (Wildman–Crippen LogP) is 4.11. The first-order chi connectivity index (χ1) is 13.4. The molecule has 1 aliphatic heterocycles. The van der Waals surface area contributed by atoms with Gasteiger partial charge in [-0.05, 0) is 48.7 Å². The van der Waals surface area contributed by atoms with Gasteiger partial charge in [0.1, 0.15) is 0 Å². The number of hydrogen-bond acceptors (Lipinski definition) is 3. The van der Waals surface area contributed by atoms with E-state index in [9.17, 15) is 13.2 Å². The number of rotatable bonds is 6. The number of halogens is 2. The van der Waals surface area contributed by atoms with Crippen molar-refractivity contribution in [3.05, 3.63) is 69.7 Å². The van der Waals surface area contributed by atoms with E-state index in [1.807, 2.05) is 0 Å². The molecule has 0 radical (unpaired) electrons. The van der Waals surface area contributed by atoms with Gasteiger partial charge in [0, 0.05) is 41.3 Å². The van der Waals surface area contributed by atoms with Crippen LogP contribution in [0.15, 0.2) is 53.4 Å². The minimum absolute atomic E-state index is 0.276. The van der Waals surface area contributed by atoms with Crippen LogP contribution in [0, 0.1) is 0 Å². The van der Waals surface area contributed by atoms with Crippen LogP contribution in [-0.4, -0.2) is 31.7 Å². The smallest absolute Gasteiger partial charge is 0.244 e. The third-order valence-electron chi connectivity index (χ3n) is 4.49. The molecule has 0 aliphatic carbocycles. The first-order valence-corrected chi connectivity index (χ1v) is 11.1. The van der Waals surface area contributed by atoms with Gasteiger partial charge in [-0.1, -0.05) is 41.4 Å². The molecule has 1 aliphatic rings. The van der Waals surface area contributed by atoms with Crippen molar-refractivity contribution in [1.82, 2.24) is 9.62 Å². The van der Waals surface area contributed by atoms with Crippen LogP contribution in [0.1, 0.15) is 24.0 Å². The summed E-state index contributed by atoms with van der Waals surface area (Å²) in [6, 6.07) is 11.7. The van der Waals surface area contributed by atoms with Gasteiger partial charge in [-0.3, -0.25) is 4.79 Å². The highest BCUT2D eigenvalue weighted by atomic mass is 35.5. The zero-order valence-electron chi connectivity index (χ0n) is 15.1. The maximum Gasteiger partial charge on any atom is 0.244 e. The van der Waals surface area contributed by atoms with E-state index in [2.05, 4.69) is 5.32 Å². The average Bonchev–Trinajstić information content (AvgIpc) is 3.22. The first-order valence-electron chi connectivity index (χ1n) is 8.87. The number of hydrogen-bond donors (Lipinski definition) is 1. The van der Waals surface area contributed by atoms with Gasteiger partial charge in [0.15, 0.2) is 0 Å². The number of nitrogens with zero attached hydrogens (tertiary/aromatic N) is 1. The molecule has 3 rings (SSSR count). The molecule has 0 aromatic heterocycles. The van der Waals surface area contributed by atoms with Crippen LogP contribution in [0.3, 0.4) is 0 Å². The fourth-order valence-electron chi connectivity index (χ4n) is 2.93. The van der Waals surface area contributed by atoms with E-state index in [0.717, 1.165) is 18.4 Å². The Labute approximate surface area is 175 Å². The van der Waals surface area contributed by atoms with Gasteiger partial charge in [-0.2, -0.15) is 4.31 Å². The minimum Gasteiger partial charge on any atom is -0.348 e. The van der Waals surface area contributed by atoms with Gasteiger partial charge < -0.3 is 5.32 Å². The Bertz CT molecular complexity index is 963. The molecule has 0 spiro atoms. The van der Waals surface area contributed by atoms with Crippen molar-refractivity contribution in [2.75, 3.05) is 13.1 Å². The fraction of sp³-hybridized carbons (Fsp3) is 0.250. The van der Waals surface area contributed by atoms with E-state index in [0.29, 0.717) is 28.7 Å². The standard InChI is InChI=1S/C20H20Cl2N2O3S/c21-18-4-3-5-19(22)17(18)10-11-20(25)23-14-15-6-8-16(9-7-15)28(26,27)24-12-1-2-13-24/h3-11H,1-2,12-14H2,(H,23,25). The minimum atomic E-state index is -3.42. The van der Waals surface area contributed by atoms with Gasteiger partial charge in [0.05, 0.1) is 4.90 Å². The molecule has 5 nitrogen and oxygen atoms in total. The topological polar surface area (TPSA) is 66.5 Å². The summed E-state index contributed by atoms with van der Waals surface area (Å²) >= 11 is 12.1. The van der Waals surface area contributed by atoms with Crippen LogP contribution in [0.2, 0.25) is 10.0 Å². The molecule has 1 fully saturated rings. The summed E-state index contributed by atoms with van der Waals surface area (Å²) in [6.07, 6.45) is 4.72. The Balaban J connectivity index is 1.59. The van der Waals surface area contributed by atoms with Crippen LogP contribution >= 0.6 is 23.2 Å². The number of nitrogens with one attached hydrogen (secondary N) is 1. The van der Waals surface area contributed by atoms with Gasteiger partial charge in [-0.15, -0.1) is 0 Å². The molecular formula is C20H20Cl2N2O3S. The van der Waals surface area contributed by atoms with Crippen molar-refractivity contribution in [2.24, 2.45) is 0 Å². The Morgan fingerprint density at radius 3 is 2.25 bits per heavy atom. The summed E-state index contributed by atoms with van der Waals surface area (Å²) in [4.78, 5) is 12.3. The Kier molecular flexibility index (Phi) is 6.78. The third-order valence-corrected chi connectivity index (χ3v) is 7.07. The van der Waals surface area contributed by atoms with Crippen LogP contribution < -0.4 is 5.32 Å². The lowest BCUT2D eigenvalue weighted by Crippen LogP contribution is -2.27. The summed E-state index contributed by atoms with van der Waals surface area (Å²) < 4.78 is 26.5. The molecular weight excluding hydrogens is 419 g/mol. The van der Waals surface area contributed by atoms with Crippen LogP contribution in [0.25, 0.3) is 6.08 Å². The third kappa shape index (κ3) is 4.94. The van der Waals surface area contributed by atoms with Crippen molar-refractivity contribution >= 4 is 45.2 Å². The molecule has 1 heterocycles. The van der Waals surface area contributed by atoms with Gasteiger partial charge in [0.25, 0.3) is 0 Å². The molecule has 1 N–H and O–H groups in total. The molecule has 1 amide bonds. The Morgan fingerprint density at radius 1 is 1.04 bits per heavy atom. The highest BCUT2D eigenvalue weighted by molar-refractivity contribution is 7.89. The molecule has 1 saturated heterocycles. The normalized spacial score (nSPS) is 15.2.